The van der Waals surface area contributed by atoms with Gasteiger partial charge in [0.15, 0.2) is 6.61 Å². The minimum atomic E-state index is -0.531. The molecule has 0 fully saturated rings. The number of rotatable bonds is 8. The molecule has 1 amide bonds. The number of carbonyl (C=O) groups excluding carboxylic acids is 2. The van der Waals surface area contributed by atoms with E-state index < -0.39 is 18.5 Å². The molecule has 0 saturated carbocycles. The molecule has 1 aromatic heterocycles. The quantitative estimate of drug-likeness (QED) is 0.246. The smallest absolute Gasteiger partial charge is 0.326 e. The summed E-state index contributed by atoms with van der Waals surface area (Å²) in [4.78, 5) is 24.7. The number of nitrogens with one attached hydrogen (secondary N) is 3. The van der Waals surface area contributed by atoms with Crippen LogP contribution >= 0.6 is 0 Å². The maximum atomic E-state index is 12.4. The molecule has 0 aliphatic rings. The molecule has 1 heterocycles. The molecule has 0 unspecified atom stereocenters. The van der Waals surface area contributed by atoms with Gasteiger partial charge in [0.1, 0.15) is 6.54 Å². The topological polar surface area (TPSA) is 122 Å². The zero-order valence-electron chi connectivity index (χ0n) is 18.4. The highest BCUT2D eigenvalue weighted by Gasteiger charge is 2.15. The van der Waals surface area contributed by atoms with Gasteiger partial charge in [-0.05, 0) is 50.4 Å². The number of ether oxygens (including phenoxy) is 1. The summed E-state index contributed by atoms with van der Waals surface area (Å²) in [5.74, 6) is -1.05. The molecule has 0 spiro atoms. The van der Waals surface area contributed by atoms with Crippen LogP contribution in [0, 0.1) is 12.3 Å². The molecule has 0 aliphatic carbocycles. The number of aryl methyl sites for hydroxylation is 1. The summed E-state index contributed by atoms with van der Waals surface area (Å²) in [6.45, 7) is 4.76. The van der Waals surface area contributed by atoms with Crippen molar-refractivity contribution in [2.24, 2.45) is 0 Å². The molecule has 5 N–H and O–H groups in total. The van der Waals surface area contributed by atoms with E-state index in [1.54, 1.807) is 26.0 Å². The number of hydrogen-bond donors (Lipinski definition) is 4. The highest BCUT2D eigenvalue weighted by molar-refractivity contribution is 6.00. The van der Waals surface area contributed by atoms with E-state index in [1.165, 1.54) is 0 Å². The number of aromatic nitrogens is 1. The van der Waals surface area contributed by atoms with Crippen LogP contribution in [-0.4, -0.2) is 28.8 Å². The molecule has 0 bridgehead atoms. The van der Waals surface area contributed by atoms with Crippen LogP contribution < -0.4 is 16.4 Å². The van der Waals surface area contributed by atoms with Gasteiger partial charge in [0.25, 0.3) is 5.91 Å². The van der Waals surface area contributed by atoms with Crippen molar-refractivity contribution in [3.8, 4) is 0 Å². The zero-order valence-corrected chi connectivity index (χ0v) is 18.4. The van der Waals surface area contributed by atoms with Crippen molar-refractivity contribution in [3.05, 3.63) is 71.7 Å². The number of fused-ring (bicyclic) bond motifs is 1. The molecule has 0 radical (unpaired) electrons. The fourth-order valence-electron chi connectivity index (χ4n) is 3.40. The van der Waals surface area contributed by atoms with Crippen molar-refractivity contribution in [1.82, 2.24) is 9.88 Å². The number of nitrogen functional groups attached to an aromatic ring is 1. The number of amides is 1. The molecule has 8 nitrogen and oxygen atoms in total. The second-order valence-corrected chi connectivity index (χ2v) is 7.48. The van der Waals surface area contributed by atoms with E-state index >= 15 is 0 Å². The van der Waals surface area contributed by atoms with E-state index in [4.69, 9.17) is 15.9 Å². The fourth-order valence-corrected chi connectivity index (χ4v) is 3.40. The molecule has 0 saturated heterocycles. The number of benzene rings is 2. The van der Waals surface area contributed by atoms with Gasteiger partial charge in [0, 0.05) is 16.9 Å². The van der Waals surface area contributed by atoms with Gasteiger partial charge in [-0.1, -0.05) is 30.3 Å². The summed E-state index contributed by atoms with van der Waals surface area (Å²) < 4.78 is 7.02. The van der Waals surface area contributed by atoms with Crippen LogP contribution in [0.5, 0.6) is 0 Å². The summed E-state index contributed by atoms with van der Waals surface area (Å²) in [6, 6.07) is 16.9. The molecule has 32 heavy (non-hydrogen) atoms. The van der Waals surface area contributed by atoms with E-state index in [9.17, 15) is 9.59 Å². The molecule has 0 atom stereocenters. The molecule has 0 aliphatic heterocycles. The third kappa shape index (κ3) is 5.34. The lowest BCUT2D eigenvalue weighted by molar-refractivity contribution is -0.148. The standard InChI is InChI=1S/C24H27N5O3/c1-15-12-18-8-4-7-11-21(18)29(15)13-23(31)32-14-22(30)28-24(16(2)25)17(3)27-20-10-6-5-9-19(20)26/h4-12,25,27H,13-14,26H2,1-3H3,(H,28,30)/b24-17+,25-16?. The van der Waals surface area contributed by atoms with Crippen molar-refractivity contribution >= 4 is 39.9 Å². The molecule has 2 aromatic carbocycles. The summed E-state index contributed by atoms with van der Waals surface area (Å²) in [5.41, 5.74) is 10.0. The van der Waals surface area contributed by atoms with Crippen LogP contribution in [0.4, 0.5) is 11.4 Å². The number of anilines is 2. The zero-order chi connectivity index (χ0) is 23.3. The first kappa shape index (κ1) is 22.6. The van der Waals surface area contributed by atoms with E-state index in [1.807, 2.05) is 54.0 Å². The number of esters is 1. The molecule has 8 heteroatoms. The molecular formula is C24H27N5O3. The van der Waals surface area contributed by atoms with Crippen molar-refractivity contribution in [3.63, 3.8) is 0 Å². The lowest BCUT2D eigenvalue weighted by Gasteiger charge is -2.16. The second kappa shape index (κ2) is 9.82. The number of allylic oxidation sites excluding steroid dienone is 2. The Kier molecular flexibility index (Phi) is 6.94. The van der Waals surface area contributed by atoms with Gasteiger partial charge in [-0.15, -0.1) is 0 Å². The van der Waals surface area contributed by atoms with Crippen LogP contribution in [0.15, 0.2) is 66.0 Å². The summed E-state index contributed by atoms with van der Waals surface area (Å²) in [7, 11) is 0. The van der Waals surface area contributed by atoms with Gasteiger partial charge in [-0.2, -0.15) is 0 Å². The van der Waals surface area contributed by atoms with Gasteiger partial charge in [-0.25, -0.2) is 0 Å². The predicted molar refractivity (Wildman–Crippen MR) is 126 cm³/mol. The Morgan fingerprint density at radius 2 is 1.78 bits per heavy atom. The lowest BCUT2D eigenvalue weighted by Crippen LogP contribution is -2.32. The van der Waals surface area contributed by atoms with E-state index in [2.05, 4.69) is 10.6 Å². The Labute approximate surface area is 186 Å². The normalized spacial score (nSPS) is 11.6. The van der Waals surface area contributed by atoms with Gasteiger partial charge >= 0.3 is 5.97 Å². The van der Waals surface area contributed by atoms with Gasteiger partial charge < -0.3 is 31.1 Å². The van der Waals surface area contributed by atoms with E-state index in [-0.39, 0.29) is 12.3 Å². The molecule has 3 aromatic rings. The molecule has 3 rings (SSSR count). The number of para-hydroxylation sites is 3. The molecule has 166 valence electrons. The fraction of sp³-hybridized carbons (Fsp3) is 0.208. The first-order valence-electron chi connectivity index (χ1n) is 10.1. The summed E-state index contributed by atoms with van der Waals surface area (Å²) in [5, 5.41) is 14.8. The van der Waals surface area contributed by atoms with Crippen LogP contribution in [0.1, 0.15) is 19.5 Å². The minimum absolute atomic E-state index is 0.00673. The van der Waals surface area contributed by atoms with Gasteiger partial charge in [0.05, 0.1) is 22.8 Å². The Hall–Kier alpha value is -4.07. The van der Waals surface area contributed by atoms with Crippen molar-refractivity contribution in [2.75, 3.05) is 17.7 Å². The first-order valence-corrected chi connectivity index (χ1v) is 10.1. The lowest BCUT2D eigenvalue weighted by atomic mass is 10.2. The maximum absolute atomic E-state index is 12.4. The largest absolute Gasteiger partial charge is 0.454 e. The third-order valence-electron chi connectivity index (χ3n) is 4.97. The summed E-state index contributed by atoms with van der Waals surface area (Å²) >= 11 is 0. The monoisotopic (exact) mass is 433 g/mol. The van der Waals surface area contributed by atoms with Crippen LogP contribution in [0.3, 0.4) is 0 Å². The van der Waals surface area contributed by atoms with Gasteiger partial charge in [0.2, 0.25) is 0 Å². The van der Waals surface area contributed by atoms with Crippen LogP contribution in [0.2, 0.25) is 0 Å². The number of nitrogens with two attached hydrogens (primary N) is 1. The number of carbonyl (C=O) groups is 2. The van der Waals surface area contributed by atoms with Crippen molar-refractivity contribution in [1.29, 1.82) is 5.41 Å². The van der Waals surface area contributed by atoms with E-state index in [0.717, 1.165) is 16.6 Å². The van der Waals surface area contributed by atoms with Crippen molar-refractivity contribution < 1.29 is 14.3 Å². The highest BCUT2D eigenvalue weighted by atomic mass is 16.5. The maximum Gasteiger partial charge on any atom is 0.326 e. The van der Waals surface area contributed by atoms with Crippen molar-refractivity contribution in [2.45, 2.75) is 27.3 Å². The Morgan fingerprint density at radius 3 is 2.50 bits per heavy atom. The van der Waals surface area contributed by atoms with Crippen LogP contribution in [0.25, 0.3) is 10.9 Å². The first-order chi connectivity index (χ1) is 15.3. The SMILES string of the molecule is CC(=N)/C(NC(=O)COC(=O)Cn1c(C)cc2ccccc21)=C(/C)Nc1ccccc1N. The average molecular weight is 434 g/mol. The Balaban J connectivity index is 1.61. The molecular weight excluding hydrogens is 406 g/mol. The Bertz CT molecular complexity index is 1210. The minimum Gasteiger partial charge on any atom is -0.454 e. The van der Waals surface area contributed by atoms with Gasteiger partial charge in [-0.3, -0.25) is 9.59 Å². The van der Waals surface area contributed by atoms with Crippen LogP contribution in [-0.2, 0) is 20.9 Å². The summed E-state index contributed by atoms with van der Waals surface area (Å²) in [6.07, 6.45) is 0. The average Bonchev–Trinajstić information content (AvgIpc) is 3.07. The Morgan fingerprint density at radius 1 is 1.09 bits per heavy atom. The second-order valence-electron chi connectivity index (χ2n) is 7.48. The highest BCUT2D eigenvalue weighted by Crippen LogP contribution is 2.20. The predicted octanol–water partition coefficient (Wildman–Crippen LogP) is 3.57. The number of nitrogens with zero attached hydrogens (tertiary/aromatic N) is 1. The van der Waals surface area contributed by atoms with E-state index in [0.29, 0.717) is 22.8 Å². The number of hydrogen-bond acceptors (Lipinski definition) is 6. The third-order valence-corrected chi connectivity index (χ3v) is 4.97.